The minimum atomic E-state index is -0.704. The summed E-state index contributed by atoms with van der Waals surface area (Å²) < 4.78 is 11.4. The minimum Gasteiger partial charge on any atom is -0.507 e. The number of rotatable bonds is 11. The molecule has 1 unspecified atom stereocenters. The SMILES string of the molecule is CCOc1ccc(/C(O)=C2/C(=O)C(=O)N(CCCN(C)C)C2c2ccc(N(C)C)cc2)c(OCC)c1. The van der Waals surface area contributed by atoms with Gasteiger partial charge in [0.1, 0.15) is 17.3 Å². The van der Waals surface area contributed by atoms with Gasteiger partial charge in [-0.05, 0) is 70.7 Å². The van der Waals surface area contributed by atoms with Crippen molar-refractivity contribution < 1.29 is 24.2 Å². The summed E-state index contributed by atoms with van der Waals surface area (Å²) in [6.07, 6.45) is 0.694. The van der Waals surface area contributed by atoms with Gasteiger partial charge < -0.3 is 29.3 Å². The third kappa shape index (κ3) is 5.82. The van der Waals surface area contributed by atoms with Crippen LogP contribution in [0.5, 0.6) is 11.5 Å². The standard InChI is InChI=1S/C28H37N3O5/c1-7-35-21-14-15-22(23(18-21)36-8-2)26(32)24-25(19-10-12-20(13-11-19)30(5)6)31(28(34)27(24)33)17-9-16-29(3)4/h10-15,18,25,32H,7-9,16-17H2,1-6H3/b26-24-. The number of aliphatic hydroxyl groups is 1. The molecule has 1 saturated heterocycles. The summed E-state index contributed by atoms with van der Waals surface area (Å²) >= 11 is 0. The smallest absolute Gasteiger partial charge is 0.295 e. The number of hydrogen-bond acceptors (Lipinski definition) is 7. The summed E-state index contributed by atoms with van der Waals surface area (Å²) in [4.78, 5) is 32.1. The van der Waals surface area contributed by atoms with E-state index in [2.05, 4.69) is 0 Å². The fraction of sp³-hybridized carbons (Fsp3) is 0.429. The molecule has 0 aromatic heterocycles. The van der Waals surface area contributed by atoms with E-state index in [1.807, 2.05) is 76.1 Å². The molecule has 2 aromatic carbocycles. The molecule has 0 bridgehead atoms. The summed E-state index contributed by atoms with van der Waals surface area (Å²) in [5, 5.41) is 11.5. The molecule has 8 nitrogen and oxygen atoms in total. The average Bonchev–Trinajstić information content (AvgIpc) is 3.09. The molecule has 2 aromatic rings. The fourth-order valence-corrected chi connectivity index (χ4v) is 4.34. The van der Waals surface area contributed by atoms with E-state index in [0.29, 0.717) is 43.2 Å². The van der Waals surface area contributed by atoms with E-state index in [1.54, 1.807) is 23.1 Å². The van der Waals surface area contributed by atoms with Crippen molar-refractivity contribution in [3.8, 4) is 11.5 Å². The maximum absolute atomic E-state index is 13.3. The van der Waals surface area contributed by atoms with Crippen molar-refractivity contribution in [2.24, 2.45) is 0 Å². The number of aliphatic hydroxyl groups excluding tert-OH is 1. The van der Waals surface area contributed by atoms with Crippen molar-refractivity contribution in [2.75, 3.05) is 59.4 Å². The first kappa shape index (κ1) is 27.1. The summed E-state index contributed by atoms with van der Waals surface area (Å²) in [6, 6.07) is 12.1. The molecule has 1 aliphatic rings. The Labute approximate surface area is 213 Å². The topological polar surface area (TPSA) is 82.5 Å². The molecule has 1 N–H and O–H groups in total. The molecule has 36 heavy (non-hydrogen) atoms. The van der Waals surface area contributed by atoms with Gasteiger partial charge in [0, 0.05) is 32.4 Å². The average molecular weight is 496 g/mol. The monoisotopic (exact) mass is 495 g/mol. The molecule has 0 radical (unpaired) electrons. The largest absolute Gasteiger partial charge is 0.507 e. The van der Waals surface area contributed by atoms with E-state index < -0.39 is 17.7 Å². The zero-order valence-corrected chi connectivity index (χ0v) is 22.1. The fourth-order valence-electron chi connectivity index (χ4n) is 4.34. The van der Waals surface area contributed by atoms with E-state index in [9.17, 15) is 14.7 Å². The second-order valence-corrected chi connectivity index (χ2v) is 9.16. The molecule has 1 atom stereocenters. The van der Waals surface area contributed by atoms with Crippen LogP contribution < -0.4 is 14.4 Å². The van der Waals surface area contributed by atoms with Crippen LogP contribution in [-0.4, -0.2) is 81.1 Å². The lowest BCUT2D eigenvalue weighted by atomic mass is 9.94. The molecule has 8 heteroatoms. The molecular formula is C28H37N3O5. The van der Waals surface area contributed by atoms with Gasteiger partial charge >= 0.3 is 0 Å². The molecule has 1 fully saturated rings. The molecule has 0 saturated carbocycles. The quantitative estimate of drug-likeness (QED) is 0.287. The van der Waals surface area contributed by atoms with Gasteiger partial charge in [-0.15, -0.1) is 0 Å². The number of carbonyl (C=O) groups is 2. The van der Waals surface area contributed by atoms with Crippen molar-refractivity contribution in [3.63, 3.8) is 0 Å². The maximum atomic E-state index is 13.3. The van der Waals surface area contributed by atoms with Crippen LogP contribution in [0.15, 0.2) is 48.0 Å². The second-order valence-electron chi connectivity index (χ2n) is 9.16. The summed E-state index contributed by atoms with van der Waals surface area (Å²) in [5.74, 6) is -0.577. The third-order valence-electron chi connectivity index (χ3n) is 6.09. The Kier molecular flexibility index (Phi) is 8.98. The number of likely N-dealkylation sites (tertiary alicyclic amines) is 1. The highest BCUT2D eigenvalue weighted by atomic mass is 16.5. The first-order valence-electron chi connectivity index (χ1n) is 12.3. The molecule has 0 aliphatic carbocycles. The molecular weight excluding hydrogens is 458 g/mol. The minimum absolute atomic E-state index is 0.0626. The van der Waals surface area contributed by atoms with Crippen molar-refractivity contribution in [1.29, 1.82) is 0 Å². The van der Waals surface area contributed by atoms with Crippen molar-refractivity contribution in [2.45, 2.75) is 26.3 Å². The highest BCUT2D eigenvalue weighted by Gasteiger charge is 2.46. The van der Waals surface area contributed by atoms with E-state index >= 15 is 0 Å². The third-order valence-corrected chi connectivity index (χ3v) is 6.09. The summed E-state index contributed by atoms with van der Waals surface area (Å²) in [6.45, 7) is 5.73. The number of hydrogen-bond donors (Lipinski definition) is 1. The highest BCUT2D eigenvalue weighted by Crippen LogP contribution is 2.42. The lowest BCUT2D eigenvalue weighted by Gasteiger charge is -2.26. The van der Waals surface area contributed by atoms with Gasteiger partial charge in [0.15, 0.2) is 0 Å². The van der Waals surface area contributed by atoms with Crippen molar-refractivity contribution >= 4 is 23.1 Å². The van der Waals surface area contributed by atoms with Gasteiger partial charge in [-0.2, -0.15) is 0 Å². The van der Waals surface area contributed by atoms with Crippen molar-refractivity contribution in [1.82, 2.24) is 9.80 Å². The lowest BCUT2D eigenvalue weighted by Crippen LogP contribution is -2.32. The van der Waals surface area contributed by atoms with Crippen molar-refractivity contribution in [3.05, 3.63) is 59.2 Å². The number of carbonyl (C=O) groups excluding carboxylic acids is 2. The highest BCUT2D eigenvalue weighted by molar-refractivity contribution is 6.46. The van der Waals surface area contributed by atoms with Crippen LogP contribution in [0.4, 0.5) is 5.69 Å². The van der Waals surface area contributed by atoms with Gasteiger partial charge in [-0.1, -0.05) is 12.1 Å². The zero-order chi connectivity index (χ0) is 26.4. The van der Waals surface area contributed by atoms with Crippen LogP contribution in [0.3, 0.4) is 0 Å². The van der Waals surface area contributed by atoms with Gasteiger partial charge in [-0.25, -0.2) is 0 Å². The predicted octanol–water partition coefficient (Wildman–Crippen LogP) is 3.92. The predicted molar refractivity (Wildman–Crippen MR) is 142 cm³/mol. The van der Waals surface area contributed by atoms with Gasteiger partial charge in [0.25, 0.3) is 11.7 Å². The second kappa shape index (κ2) is 11.9. The lowest BCUT2D eigenvalue weighted by molar-refractivity contribution is -0.139. The molecule has 1 amide bonds. The Balaban J connectivity index is 2.14. The molecule has 1 aliphatic heterocycles. The Hall–Kier alpha value is -3.52. The number of Topliss-reactive ketones (excluding diaryl/α,β-unsaturated/α-hetero) is 1. The van der Waals surface area contributed by atoms with Gasteiger partial charge in [0.2, 0.25) is 0 Å². The first-order chi connectivity index (χ1) is 17.2. The van der Waals surface area contributed by atoms with E-state index in [0.717, 1.165) is 17.8 Å². The van der Waals surface area contributed by atoms with E-state index in [1.165, 1.54) is 0 Å². The molecule has 194 valence electrons. The van der Waals surface area contributed by atoms with Crippen LogP contribution in [0.25, 0.3) is 5.76 Å². The number of nitrogens with zero attached hydrogens (tertiary/aromatic N) is 3. The number of ether oxygens (including phenoxy) is 2. The molecule has 0 spiro atoms. The van der Waals surface area contributed by atoms with Crippen LogP contribution in [0, 0.1) is 0 Å². The Morgan fingerprint density at radius 3 is 2.22 bits per heavy atom. The van der Waals surface area contributed by atoms with Gasteiger partial charge in [0.05, 0.1) is 30.4 Å². The number of ketones is 1. The Morgan fingerprint density at radius 2 is 1.64 bits per heavy atom. The summed E-state index contributed by atoms with van der Waals surface area (Å²) in [7, 11) is 7.83. The van der Waals surface area contributed by atoms with E-state index in [4.69, 9.17) is 9.47 Å². The Morgan fingerprint density at radius 1 is 0.972 bits per heavy atom. The Bertz CT molecular complexity index is 1110. The van der Waals surface area contributed by atoms with E-state index in [-0.39, 0.29) is 11.3 Å². The number of anilines is 1. The van der Waals surface area contributed by atoms with Crippen LogP contribution in [-0.2, 0) is 9.59 Å². The molecule has 3 rings (SSSR count). The summed E-state index contributed by atoms with van der Waals surface area (Å²) in [5.41, 5.74) is 2.16. The molecule has 1 heterocycles. The van der Waals surface area contributed by atoms with Crippen LogP contribution in [0.2, 0.25) is 0 Å². The van der Waals surface area contributed by atoms with Crippen LogP contribution in [0.1, 0.15) is 37.4 Å². The number of benzene rings is 2. The number of amides is 1. The van der Waals surface area contributed by atoms with Gasteiger partial charge in [-0.3, -0.25) is 9.59 Å². The zero-order valence-electron chi connectivity index (χ0n) is 22.1. The maximum Gasteiger partial charge on any atom is 0.295 e. The normalized spacial score (nSPS) is 17.1. The first-order valence-corrected chi connectivity index (χ1v) is 12.3. The van der Waals surface area contributed by atoms with Crippen LogP contribution >= 0.6 is 0 Å².